The lowest BCUT2D eigenvalue weighted by Crippen LogP contribution is -2.52. The van der Waals surface area contributed by atoms with Gasteiger partial charge in [-0.25, -0.2) is 19.2 Å². The van der Waals surface area contributed by atoms with Gasteiger partial charge in [0.25, 0.3) is 0 Å². The molecule has 0 aromatic heterocycles. The standard InChI is InChI=1S/C22H40N4O8/c1-20(2,3)32-17(28)25-16(23)24-13-11-12-14(15(27)31-10)26(18(29)33-21(4,5)6)19(30)34-22(7,8)9/h14H,11-13H2,1-10H3,(H3,23,24,25,28)/t14-/m0/s1. The molecular weight excluding hydrogens is 448 g/mol. The van der Waals surface area contributed by atoms with E-state index in [9.17, 15) is 19.2 Å². The van der Waals surface area contributed by atoms with Crippen molar-refractivity contribution in [3.8, 4) is 0 Å². The molecule has 0 aromatic rings. The van der Waals surface area contributed by atoms with Crippen LogP contribution < -0.4 is 11.1 Å². The summed E-state index contributed by atoms with van der Waals surface area (Å²) in [6.45, 7) is 14.9. The average Bonchev–Trinajstić information content (AvgIpc) is 2.58. The average molecular weight is 489 g/mol. The molecule has 0 heterocycles. The minimum absolute atomic E-state index is 0.0195. The Morgan fingerprint density at radius 1 is 0.853 bits per heavy atom. The normalized spacial score (nSPS) is 13.4. The topological polar surface area (TPSA) is 159 Å². The van der Waals surface area contributed by atoms with Gasteiger partial charge in [0.15, 0.2) is 5.96 Å². The van der Waals surface area contributed by atoms with Crippen molar-refractivity contribution in [1.82, 2.24) is 10.2 Å². The Bertz CT molecular complexity index is 732. The van der Waals surface area contributed by atoms with E-state index in [-0.39, 0.29) is 25.3 Å². The van der Waals surface area contributed by atoms with Crippen molar-refractivity contribution in [3.05, 3.63) is 0 Å². The summed E-state index contributed by atoms with van der Waals surface area (Å²) in [4.78, 5) is 54.5. The van der Waals surface area contributed by atoms with Crippen LogP contribution in [0.15, 0.2) is 4.99 Å². The second-order valence-electron chi connectivity index (χ2n) is 10.4. The number of hydrogen-bond acceptors (Lipinski definition) is 9. The number of guanidine groups is 1. The number of rotatable bonds is 6. The summed E-state index contributed by atoms with van der Waals surface area (Å²) in [5, 5.41) is 2.29. The zero-order chi connectivity index (χ0) is 26.9. The van der Waals surface area contributed by atoms with Gasteiger partial charge >= 0.3 is 24.2 Å². The number of nitrogens with one attached hydrogen (secondary N) is 1. The number of alkyl carbamates (subject to hydrolysis) is 1. The van der Waals surface area contributed by atoms with E-state index in [1.165, 1.54) is 0 Å². The zero-order valence-corrected chi connectivity index (χ0v) is 21.9. The fourth-order valence-corrected chi connectivity index (χ4v) is 2.37. The number of carbonyl (C=O) groups excluding carboxylic acids is 4. The second kappa shape index (κ2) is 12.4. The lowest BCUT2D eigenvalue weighted by atomic mass is 10.1. The second-order valence-corrected chi connectivity index (χ2v) is 10.4. The largest absolute Gasteiger partial charge is 0.467 e. The van der Waals surface area contributed by atoms with Crippen LogP contribution in [-0.4, -0.2) is 71.6 Å². The number of aliphatic imine (C=N–C) groups is 1. The molecule has 0 aliphatic carbocycles. The van der Waals surface area contributed by atoms with Gasteiger partial charge in [-0.05, 0) is 75.2 Å². The highest BCUT2D eigenvalue weighted by Crippen LogP contribution is 2.20. The maximum atomic E-state index is 12.8. The third kappa shape index (κ3) is 13.5. The molecule has 0 aliphatic rings. The Labute approximate surface area is 201 Å². The summed E-state index contributed by atoms with van der Waals surface area (Å²) in [7, 11) is 1.14. The highest BCUT2D eigenvalue weighted by molar-refractivity contribution is 5.94. The van der Waals surface area contributed by atoms with Crippen LogP contribution in [0.3, 0.4) is 0 Å². The van der Waals surface area contributed by atoms with Gasteiger partial charge in [-0.15, -0.1) is 0 Å². The van der Waals surface area contributed by atoms with Gasteiger partial charge in [-0.1, -0.05) is 0 Å². The van der Waals surface area contributed by atoms with Crippen molar-refractivity contribution < 1.29 is 38.1 Å². The van der Waals surface area contributed by atoms with Crippen LogP contribution >= 0.6 is 0 Å². The summed E-state index contributed by atoms with van der Waals surface area (Å²) in [5.41, 5.74) is 3.12. The SMILES string of the molecule is COC(=O)[C@H](CCCN=C(N)NC(=O)OC(C)(C)C)N(C(=O)OC(C)(C)C)C(=O)OC(C)(C)C. The van der Waals surface area contributed by atoms with E-state index < -0.39 is 47.1 Å². The van der Waals surface area contributed by atoms with Gasteiger partial charge in [-0.2, -0.15) is 4.90 Å². The first-order valence-electron chi connectivity index (χ1n) is 10.9. The van der Waals surface area contributed by atoms with Gasteiger partial charge in [0.1, 0.15) is 22.8 Å². The Kier molecular flexibility index (Phi) is 11.3. The van der Waals surface area contributed by atoms with Crippen LogP contribution in [0, 0.1) is 0 Å². The Morgan fingerprint density at radius 3 is 1.68 bits per heavy atom. The maximum absolute atomic E-state index is 12.8. The maximum Gasteiger partial charge on any atom is 0.420 e. The van der Waals surface area contributed by atoms with Crippen LogP contribution in [-0.2, 0) is 23.7 Å². The van der Waals surface area contributed by atoms with Gasteiger partial charge in [0.2, 0.25) is 0 Å². The lowest BCUT2D eigenvalue weighted by Gasteiger charge is -2.32. The van der Waals surface area contributed by atoms with Crippen LogP contribution in [0.2, 0.25) is 0 Å². The first kappa shape index (κ1) is 30.9. The molecule has 0 saturated carbocycles. The monoisotopic (exact) mass is 488 g/mol. The highest BCUT2D eigenvalue weighted by atomic mass is 16.6. The Hall–Kier alpha value is -3.05. The first-order chi connectivity index (χ1) is 15.3. The van der Waals surface area contributed by atoms with Crippen molar-refractivity contribution in [1.29, 1.82) is 0 Å². The Balaban J connectivity index is 5.50. The number of nitrogens with zero attached hydrogens (tertiary/aromatic N) is 2. The zero-order valence-electron chi connectivity index (χ0n) is 21.9. The molecule has 0 unspecified atom stereocenters. The van der Waals surface area contributed by atoms with Crippen LogP contribution in [0.4, 0.5) is 14.4 Å². The molecule has 196 valence electrons. The summed E-state index contributed by atoms with van der Waals surface area (Å²) < 4.78 is 20.5. The number of methoxy groups -OCH3 is 1. The molecular formula is C22H40N4O8. The predicted molar refractivity (Wildman–Crippen MR) is 125 cm³/mol. The smallest absolute Gasteiger partial charge is 0.420 e. The number of carbonyl (C=O) groups is 4. The van der Waals surface area contributed by atoms with Gasteiger partial charge in [-0.3, -0.25) is 10.3 Å². The van der Waals surface area contributed by atoms with E-state index in [1.807, 2.05) is 0 Å². The summed E-state index contributed by atoms with van der Waals surface area (Å²) in [6, 6.07) is -1.33. The van der Waals surface area contributed by atoms with Crippen molar-refractivity contribution in [2.45, 2.75) is 98.0 Å². The van der Waals surface area contributed by atoms with E-state index in [2.05, 4.69) is 10.3 Å². The van der Waals surface area contributed by atoms with Gasteiger partial charge < -0.3 is 24.7 Å². The predicted octanol–water partition coefficient (Wildman–Crippen LogP) is 3.32. The quantitative estimate of drug-likeness (QED) is 0.188. The van der Waals surface area contributed by atoms with E-state index in [0.29, 0.717) is 4.90 Å². The number of ether oxygens (including phenoxy) is 4. The van der Waals surface area contributed by atoms with E-state index in [1.54, 1.807) is 62.3 Å². The molecule has 3 N–H and O–H groups in total. The minimum Gasteiger partial charge on any atom is -0.467 e. The minimum atomic E-state index is -1.33. The molecule has 1 atom stereocenters. The van der Waals surface area contributed by atoms with Crippen LogP contribution in [0.1, 0.15) is 75.2 Å². The van der Waals surface area contributed by atoms with Gasteiger partial charge in [0.05, 0.1) is 7.11 Å². The summed E-state index contributed by atoms with van der Waals surface area (Å²) in [6.07, 6.45) is -2.67. The summed E-state index contributed by atoms with van der Waals surface area (Å²) in [5.74, 6) is -1.01. The molecule has 0 aliphatic heterocycles. The molecule has 0 spiro atoms. The van der Waals surface area contributed by atoms with E-state index >= 15 is 0 Å². The highest BCUT2D eigenvalue weighted by Gasteiger charge is 2.40. The third-order valence-electron chi connectivity index (χ3n) is 3.51. The molecule has 0 saturated heterocycles. The number of esters is 1. The summed E-state index contributed by atoms with van der Waals surface area (Å²) >= 11 is 0. The molecule has 0 rings (SSSR count). The molecule has 0 aromatic carbocycles. The van der Waals surface area contributed by atoms with E-state index in [0.717, 1.165) is 7.11 Å². The lowest BCUT2D eigenvalue weighted by molar-refractivity contribution is -0.147. The molecule has 3 amide bonds. The fraction of sp³-hybridized carbons (Fsp3) is 0.773. The number of amides is 3. The van der Waals surface area contributed by atoms with Crippen LogP contribution in [0.25, 0.3) is 0 Å². The first-order valence-corrected chi connectivity index (χ1v) is 10.9. The number of nitrogens with two attached hydrogens (primary N) is 1. The molecule has 0 radical (unpaired) electrons. The molecule has 34 heavy (non-hydrogen) atoms. The fourth-order valence-electron chi connectivity index (χ4n) is 2.37. The molecule has 0 bridgehead atoms. The van der Waals surface area contributed by atoms with Crippen LogP contribution in [0.5, 0.6) is 0 Å². The van der Waals surface area contributed by atoms with Crippen molar-refractivity contribution in [2.75, 3.05) is 13.7 Å². The van der Waals surface area contributed by atoms with Gasteiger partial charge in [0, 0.05) is 6.54 Å². The Morgan fingerprint density at radius 2 is 1.29 bits per heavy atom. The molecule has 12 nitrogen and oxygen atoms in total. The van der Waals surface area contributed by atoms with E-state index in [4.69, 9.17) is 24.7 Å². The third-order valence-corrected chi connectivity index (χ3v) is 3.51. The number of hydrogen-bond donors (Lipinski definition) is 2. The van der Waals surface area contributed by atoms with Crippen molar-refractivity contribution in [3.63, 3.8) is 0 Å². The number of imide groups is 1. The van der Waals surface area contributed by atoms with Crippen molar-refractivity contribution in [2.24, 2.45) is 10.7 Å². The van der Waals surface area contributed by atoms with Crippen molar-refractivity contribution >= 4 is 30.2 Å². The molecule has 0 fully saturated rings. The molecule has 12 heteroatoms.